The van der Waals surface area contributed by atoms with Crippen molar-refractivity contribution in [3.8, 4) is 0 Å². The van der Waals surface area contributed by atoms with E-state index in [1.165, 1.54) is 11.1 Å². The third-order valence-electron chi connectivity index (χ3n) is 5.96. The predicted octanol–water partition coefficient (Wildman–Crippen LogP) is 1.53. The number of aliphatic imine (C=N–C) groups is 1. The van der Waals surface area contributed by atoms with Crippen LogP contribution >= 0.6 is 0 Å². The van der Waals surface area contributed by atoms with Gasteiger partial charge in [0.25, 0.3) is 0 Å². The number of carbonyl (C=O) groups is 1. The van der Waals surface area contributed by atoms with Crippen molar-refractivity contribution in [1.29, 1.82) is 0 Å². The second-order valence-electron chi connectivity index (χ2n) is 8.03. The number of hydrogen-bond acceptors (Lipinski definition) is 4. The fraction of sp³-hybridized carbons (Fsp3) is 0.636. The van der Waals surface area contributed by atoms with Crippen molar-refractivity contribution in [2.45, 2.75) is 32.3 Å². The molecule has 0 aromatic heterocycles. The standard InChI is InChI=1S/C22H35N5O2/c1-17-7-3-4-9-19(17)20-16-27(13-14-29-20)22(24-2)25-10-6-12-26-11-5-8-18(15-26)21(23)28/h3-4,7,9,18,20H,5-6,8,10-16H2,1-2H3,(H2,23,28)(H,24,25). The Kier molecular flexibility index (Phi) is 7.89. The lowest BCUT2D eigenvalue weighted by atomic mass is 9.97. The quantitative estimate of drug-likeness (QED) is 0.429. The molecular formula is C22H35N5O2. The minimum atomic E-state index is -0.163. The van der Waals surface area contributed by atoms with Gasteiger partial charge in [-0.1, -0.05) is 24.3 Å². The van der Waals surface area contributed by atoms with Crippen LogP contribution in [-0.4, -0.2) is 74.6 Å². The van der Waals surface area contributed by atoms with E-state index in [0.29, 0.717) is 6.61 Å². The molecule has 2 aliphatic rings. The maximum atomic E-state index is 11.4. The Morgan fingerprint density at radius 2 is 2.14 bits per heavy atom. The topological polar surface area (TPSA) is 83.2 Å². The van der Waals surface area contributed by atoms with Crippen LogP contribution in [0.1, 0.15) is 36.5 Å². The van der Waals surface area contributed by atoms with Crippen LogP contribution in [0.15, 0.2) is 29.3 Å². The number of benzene rings is 1. The number of nitrogens with zero attached hydrogens (tertiary/aromatic N) is 3. The Hall–Kier alpha value is -2.12. The molecule has 3 N–H and O–H groups in total. The molecule has 1 aromatic rings. The number of rotatable bonds is 6. The van der Waals surface area contributed by atoms with Crippen molar-refractivity contribution < 1.29 is 9.53 Å². The number of nitrogens with two attached hydrogens (primary N) is 1. The molecule has 160 valence electrons. The Labute approximate surface area is 174 Å². The van der Waals surface area contributed by atoms with E-state index in [1.807, 2.05) is 7.05 Å². The van der Waals surface area contributed by atoms with Gasteiger partial charge in [0.1, 0.15) is 6.10 Å². The van der Waals surface area contributed by atoms with E-state index in [9.17, 15) is 4.79 Å². The van der Waals surface area contributed by atoms with Crippen LogP contribution in [-0.2, 0) is 9.53 Å². The first-order valence-corrected chi connectivity index (χ1v) is 10.7. The summed E-state index contributed by atoms with van der Waals surface area (Å²) < 4.78 is 6.04. The molecule has 1 aromatic carbocycles. The molecule has 3 rings (SSSR count). The van der Waals surface area contributed by atoms with Gasteiger partial charge in [-0.2, -0.15) is 0 Å². The van der Waals surface area contributed by atoms with Gasteiger partial charge in [-0.15, -0.1) is 0 Å². The van der Waals surface area contributed by atoms with Gasteiger partial charge in [-0.05, 0) is 50.4 Å². The highest BCUT2D eigenvalue weighted by molar-refractivity contribution is 5.80. The molecule has 2 atom stereocenters. The summed E-state index contributed by atoms with van der Waals surface area (Å²) in [5.41, 5.74) is 7.99. The largest absolute Gasteiger partial charge is 0.370 e. The first-order valence-electron chi connectivity index (χ1n) is 10.7. The number of piperidine rings is 1. The van der Waals surface area contributed by atoms with E-state index in [4.69, 9.17) is 10.5 Å². The van der Waals surface area contributed by atoms with Crippen molar-refractivity contribution in [3.05, 3.63) is 35.4 Å². The summed E-state index contributed by atoms with van der Waals surface area (Å²) in [6, 6.07) is 8.42. The van der Waals surface area contributed by atoms with E-state index in [1.54, 1.807) is 0 Å². The van der Waals surface area contributed by atoms with Crippen LogP contribution in [0.5, 0.6) is 0 Å². The van der Waals surface area contributed by atoms with Crippen molar-refractivity contribution in [1.82, 2.24) is 15.1 Å². The Bertz CT molecular complexity index is 708. The van der Waals surface area contributed by atoms with Crippen molar-refractivity contribution in [2.24, 2.45) is 16.6 Å². The number of likely N-dealkylation sites (tertiary alicyclic amines) is 1. The number of morpholine rings is 1. The van der Waals surface area contributed by atoms with E-state index >= 15 is 0 Å². The maximum absolute atomic E-state index is 11.4. The SMILES string of the molecule is CN=C(NCCCN1CCCC(C(N)=O)C1)N1CCOC(c2ccccc2C)C1. The molecular weight excluding hydrogens is 366 g/mol. The van der Waals surface area contributed by atoms with E-state index in [0.717, 1.165) is 64.5 Å². The fourth-order valence-electron chi connectivity index (χ4n) is 4.30. The highest BCUT2D eigenvalue weighted by Gasteiger charge is 2.26. The lowest BCUT2D eigenvalue weighted by Gasteiger charge is -2.36. The molecule has 1 amide bonds. The van der Waals surface area contributed by atoms with Crippen LogP contribution in [0.25, 0.3) is 0 Å². The first kappa shape index (κ1) is 21.6. The van der Waals surface area contributed by atoms with Crippen molar-refractivity contribution in [3.63, 3.8) is 0 Å². The molecule has 0 aliphatic carbocycles. The van der Waals surface area contributed by atoms with Gasteiger partial charge in [0.15, 0.2) is 5.96 Å². The number of guanidine groups is 1. The molecule has 2 saturated heterocycles. The molecule has 0 saturated carbocycles. The average Bonchev–Trinajstić information content (AvgIpc) is 2.74. The lowest BCUT2D eigenvalue weighted by Crippen LogP contribution is -2.48. The Morgan fingerprint density at radius 1 is 1.31 bits per heavy atom. The Morgan fingerprint density at radius 3 is 2.90 bits per heavy atom. The van der Waals surface area contributed by atoms with Crippen molar-refractivity contribution >= 4 is 11.9 Å². The molecule has 7 nitrogen and oxygen atoms in total. The van der Waals surface area contributed by atoms with Crippen LogP contribution in [0.4, 0.5) is 0 Å². The Balaban J connectivity index is 1.45. The van der Waals surface area contributed by atoms with Crippen LogP contribution in [0.2, 0.25) is 0 Å². The molecule has 0 radical (unpaired) electrons. The monoisotopic (exact) mass is 401 g/mol. The minimum absolute atomic E-state index is 0.0104. The molecule has 2 heterocycles. The lowest BCUT2D eigenvalue weighted by molar-refractivity contribution is -0.123. The van der Waals surface area contributed by atoms with Gasteiger partial charge in [-0.25, -0.2) is 0 Å². The number of ether oxygens (including phenoxy) is 1. The number of primary amides is 1. The van der Waals surface area contributed by atoms with Gasteiger partial charge in [0.05, 0.1) is 19.1 Å². The van der Waals surface area contributed by atoms with E-state index < -0.39 is 0 Å². The molecule has 7 heteroatoms. The van der Waals surface area contributed by atoms with Crippen LogP contribution < -0.4 is 11.1 Å². The highest BCUT2D eigenvalue weighted by Crippen LogP contribution is 2.25. The van der Waals surface area contributed by atoms with Gasteiger partial charge in [0, 0.05) is 26.7 Å². The van der Waals surface area contributed by atoms with E-state index in [-0.39, 0.29) is 17.9 Å². The van der Waals surface area contributed by atoms with Gasteiger partial charge in [0.2, 0.25) is 5.91 Å². The first-order chi connectivity index (χ1) is 14.1. The predicted molar refractivity (Wildman–Crippen MR) is 116 cm³/mol. The second kappa shape index (κ2) is 10.6. The summed E-state index contributed by atoms with van der Waals surface area (Å²) in [6.07, 6.45) is 3.06. The third-order valence-corrected chi connectivity index (χ3v) is 5.96. The fourth-order valence-corrected chi connectivity index (χ4v) is 4.30. The summed E-state index contributed by atoms with van der Waals surface area (Å²) in [7, 11) is 1.84. The zero-order valence-corrected chi connectivity index (χ0v) is 17.8. The zero-order valence-electron chi connectivity index (χ0n) is 17.8. The highest BCUT2D eigenvalue weighted by atomic mass is 16.5. The number of carbonyl (C=O) groups excluding carboxylic acids is 1. The van der Waals surface area contributed by atoms with Crippen molar-refractivity contribution in [2.75, 3.05) is 52.9 Å². The molecule has 0 spiro atoms. The molecule has 2 aliphatic heterocycles. The molecule has 0 bridgehead atoms. The second-order valence-corrected chi connectivity index (χ2v) is 8.03. The van der Waals surface area contributed by atoms with Gasteiger partial charge >= 0.3 is 0 Å². The molecule has 2 fully saturated rings. The zero-order chi connectivity index (χ0) is 20.6. The van der Waals surface area contributed by atoms with Crippen LogP contribution in [0.3, 0.4) is 0 Å². The average molecular weight is 402 g/mol. The number of hydrogen-bond donors (Lipinski definition) is 2. The number of amides is 1. The smallest absolute Gasteiger partial charge is 0.221 e. The summed E-state index contributed by atoms with van der Waals surface area (Å²) in [5.74, 6) is 0.778. The van der Waals surface area contributed by atoms with E-state index in [2.05, 4.69) is 51.3 Å². The summed E-state index contributed by atoms with van der Waals surface area (Å²) in [4.78, 5) is 20.6. The summed E-state index contributed by atoms with van der Waals surface area (Å²) in [6.45, 7) is 8.16. The van der Waals surface area contributed by atoms with Crippen LogP contribution in [0, 0.1) is 12.8 Å². The minimum Gasteiger partial charge on any atom is -0.370 e. The third kappa shape index (κ3) is 5.93. The molecule has 2 unspecified atom stereocenters. The normalized spacial score (nSPS) is 23.8. The summed E-state index contributed by atoms with van der Waals surface area (Å²) >= 11 is 0. The van der Waals surface area contributed by atoms with Gasteiger partial charge in [-0.3, -0.25) is 9.79 Å². The number of nitrogens with one attached hydrogen (secondary N) is 1. The van der Waals surface area contributed by atoms with Gasteiger partial charge < -0.3 is 25.6 Å². The summed E-state index contributed by atoms with van der Waals surface area (Å²) in [5, 5.41) is 3.50. The number of aryl methyl sites for hydroxylation is 1. The maximum Gasteiger partial charge on any atom is 0.221 e. The molecule has 29 heavy (non-hydrogen) atoms.